The van der Waals surface area contributed by atoms with Crippen molar-refractivity contribution in [1.29, 1.82) is 0 Å². The van der Waals surface area contributed by atoms with Crippen LogP contribution in [0.4, 0.5) is 4.79 Å². The first kappa shape index (κ1) is 18.2. The van der Waals surface area contributed by atoms with Crippen LogP contribution in [0.3, 0.4) is 0 Å². The fraction of sp³-hybridized carbons (Fsp3) is 0.789. The fourth-order valence-electron chi connectivity index (χ4n) is 4.70. The van der Waals surface area contributed by atoms with Gasteiger partial charge in [0.05, 0.1) is 17.8 Å². The summed E-state index contributed by atoms with van der Waals surface area (Å²) in [5.41, 5.74) is 2.00. The molecule has 2 N–H and O–H groups in total. The highest BCUT2D eigenvalue weighted by Crippen LogP contribution is 2.37. The molecule has 2 amide bonds. The lowest BCUT2D eigenvalue weighted by atomic mass is 9.76. The Bertz CT molecular complexity index is 615. The Morgan fingerprint density at radius 2 is 2.16 bits per heavy atom. The molecule has 2 heterocycles. The van der Waals surface area contributed by atoms with E-state index in [4.69, 9.17) is 0 Å². The molecular formula is C19H32N4O2. The molecule has 0 spiro atoms. The summed E-state index contributed by atoms with van der Waals surface area (Å²) in [5.74, 6) is 0.850. The molecular weight excluding hydrogens is 316 g/mol. The van der Waals surface area contributed by atoms with Gasteiger partial charge in [-0.1, -0.05) is 6.92 Å². The van der Waals surface area contributed by atoms with Gasteiger partial charge in [0, 0.05) is 37.3 Å². The number of rotatable bonds is 3. The largest absolute Gasteiger partial charge is 0.393 e. The first-order valence-electron chi connectivity index (χ1n) is 9.62. The Labute approximate surface area is 150 Å². The second kappa shape index (κ2) is 7.36. The molecule has 5 atom stereocenters. The third kappa shape index (κ3) is 3.84. The van der Waals surface area contributed by atoms with Gasteiger partial charge in [-0.2, -0.15) is 5.10 Å². The van der Waals surface area contributed by atoms with E-state index in [9.17, 15) is 9.90 Å². The molecule has 1 aliphatic heterocycles. The number of nitrogens with one attached hydrogen (secondary N) is 1. The van der Waals surface area contributed by atoms with Crippen LogP contribution in [0.5, 0.6) is 0 Å². The van der Waals surface area contributed by atoms with Crippen LogP contribution >= 0.6 is 0 Å². The smallest absolute Gasteiger partial charge is 0.318 e. The lowest BCUT2D eigenvalue weighted by molar-refractivity contribution is 0.0151. The SMILES string of the molecule is Cc1nn(C)cc1[C@H](C)NC(=O)N1CCC[C@@H]1[C@@H]1C[C@H](C)CC[C@H]1O. The fourth-order valence-corrected chi connectivity index (χ4v) is 4.70. The van der Waals surface area contributed by atoms with Crippen LogP contribution in [0, 0.1) is 18.8 Å². The number of aliphatic hydroxyl groups is 1. The van der Waals surface area contributed by atoms with Crippen molar-refractivity contribution < 1.29 is 9.90 Å². The van der Waals surface area contributed by atoms with Crippen molar-refractivity contribution in [3.63, 3.8) is 0 Å². The maximum atomic E-state index is 12.9. The van der Waals surface area contributed by atoms with Gasteiger partial charge in [-0.25, -0.2) is 4.79 Å². The van der Waals surface area contributed by atoms with Crippen LogP contribution in [-0.4, -0.2) is 44.5 Å². The quantitative estimate of drug-likeness (QED) is 0.882. The number of nitrogens with zero attached hydrogens (tertiary/aromatic N) is 3. The molecule has 1 saturated heterocycles. The molecule has 0 bridgehead atoms. The minimum atomic E-state index is -0.271. The molecule has 0 aromatic carbocycles. The van der Waals surface area contributed by atoms with E-state index in [0.29, 0.717) is 5.92 Å². The van der Waals surface area contributed by atoms with Crippen molar-refractivity contribution in [2.45, 2.75) is 71.1 Å². The number of likely N-dealkylation sites (tertiary alicyclic amines) is 1. The molecule has 6 heteroatoms. The van der Waals surface area contributed by atoms with Crippen LogP contribution in [0.1, 0.15) is 63.3 Å². The van der Waals surface area contributed by atoms with Gasteiger partial charge >= 0.3 is 6.03 Å². The van der Waals surface area contributed by atoms with Gasteiger partial charge in [0.1, 0.15) is 0 Å². The van der Waals surface area contributed by atoms with E-state index >= 15 is 0 Å². The predicted molar refractivity (Wildman–Crippen MR) is 97.1 cm³/mol. The normalized spacial score (nSPS) is 31.2. The zero-order valence-corrected chi connectivity index (χ0v) is 15.9. The summed E-state index contributed by atoms with van der Waals surface area (Å²) in [6.07, 6.45) is 6.70. The van der Waals surface area contributed by atoms with Crippen molar-refractivity contribution in [2.75, 3.05) is 6.54 Å². The number of carbonyl (C=O) groups is 1. The number of urea groups is 1. The summed E-state index contributed by atoms with van der Waals surface area (Å²) in [6.45, 7) is 7.01. The molecule has 3 rings (SSSR count). The van der Waals surface area contributed by atoms with E-state index < -0.39 is 0 Å². The second-order valence-corrected chi connectivity index (χ2v) is 8.07. The van der Waals surface area contributed by atoms with Crippen LogP contribution < -0.4 is 5.32 Å². The van der Waals surface area contributed by atoms with E-state index in [2.05, 4.69) is 17.3 Å². The van der Waals surface area contributed by atoms with Gasteiger partial charge < -0.3 is 15.3 Å². The lowest BCUT2D eigenvalue weighted by Gasteiger charge is -2.39. The Hall–Kier alpha value is -1.56. The molecule has 1 saturated carbocycles. The number of hydrogen-bond donors (Lipinski definition) is 2. The third-order valence-electron chi connectivity index (χ3n) is 6.04. The van der Waals surface area contributed by atoms with Crippen molar-refractivity contribution in [3.05, 3.63) is 17.5 Å². The Morgan fingerprint density at radius 1 is 1.40 bits per heavy atom. The third-order valence-corrected chi connectivity index (χ3v) is 6.04. The van der Waals surface area contributed by atoms with Crippen LogP contribution in [-0.2, 0) is 7.05 Å². The molecule has 1 aliphatic carbocycles. The Kier molecular flexibility index (Phi) is 5.37. The number of aliphatic hydroxyl groups excluding tert-OH is 1. The maximum absolute atomic E-state index is 12.9. The molecule has 25 heavy (non-hydrogen) atoms. The Balaban J connectivity index is 1.67. The van der Waals surface area contributed by atoms with E-state index in [-0.39, 0.29) is 30.1 Å². The second-order valence-electron chi connectivity index (χ2n) is 8.07. The van der Waals surface area contributed by atoms with Gasteiger partial charge in [-0.3, -0.25) is 4.68 Å². The molecule has 2 fully saturated rings. The predicted octanol–water partition coefficient (Wildman–Crippen LogP) is 2.76. The average Bonchev–Trinajstić information content (AvgIpc) is 3.16. The highest BCUT2D eigenvalue weighted by atomic mass is 16.3. The summed E-state index contributed by atoms with van der Waals surface area (Å²) >= 11 is 0. The highest BCUT2D eigenvalue weighted by molar-refractivity contribution is 5.75. The minimum Gasteiger partial charge on any atom is -0.393 e. The van der Waals surface area contributed by atoms with Gasteiger partial charge in [-0.15, -0.1) is 0 Å². The number of hydrogen-bond acceptors (Lipinski definition) is 3. The van der Waals surface area contributed by atoms with E-state index in [1.807, 2.05) is 32.0 Å². The van der Waals surface area contributed by atoms with Crippen molar-refractivity contribution in [1.82, 2.24) is 20.0 Å². The van der Waals surface area contributed by atoms with Crippen molar-refractivity contribution >= 4 is 6.03 Å². The number of amides is 2. The van der Waals surface area contributed by atoms with Crippen LogP contribution in [0.2, 0.25) is 0 Å². The molecule has 140 valence electrons. The van der Waals surface area contributed by atoms with E-state index in [1.165, 1.54) is 0 Å². The Morgan fingerprint density at radius 3 is 2.84 bits per heavy atom. The highest BCUT2D eigenvalue weighted by Gasteiger charge is 2.40. The van der Waals surface area contributed by atoms with Crippen LogP contribution in [0.15, 0.2) is 6.20 Å². The summed E-state index contributed by atoms with van der Waals surface area (Å²) in [4.78, 5) is 14.9. The molecule has 2 aliphatic rings. The number of aryl methyl sites for hydroxylation is 2. The van der Waals surface area contributed by atoms with Gasteiger partial charge in [-0.05, 0) is 51.9 Å². The number of carbonyl (C=O) groups excluding carboxylic acids is 1. The summed E-state index contributed by atoms with van der Waals surface area (Å²) in [7, 11) is 1.90. The van der Waals surface area contributed by atoms with Gasteiger partial charge in [0.25, 0.3) is 0 Å². The maximum Gasteiger partial charge on any atom is 0.318 e. The van der Waals surface area contributed by atoms with Gasteiger partial charge in [0.2, 0.25) is 0 Å². The summed E-state index contributed by atoms with van der Waals surface area (Å²) in [5, 5.41) is 18.0. The topological polar surface area (TPSA) is 70.4 Å². The molecule has 6 nitrogen and oxygen atoms in total. The zero-order valence-electron chi connectivity index (χ0n) is 15.9. The molecule has 0 unspecified atom stereocenters. The average molecular weight is 348 g/mol. The standard InChI is InChI=1S/C19H32N4O2/c1-12-7-8-18(24)15(10-12)17-6-5-9-23(17)19(25)20-13(2)16-11-22(4)21-14(16)3/h11-13,15,17-18,24H,5-10H2,1-4H3,(H,20,25)/t12-,13+,15+,17-,18-/m1/s1. The lowest BCUT2D eigenvalue weighted by Crippen LogP contribution is -2.50. The van der Waals surface area contributed by atoms with Crippen LogP contribution in [0.25, 0.3) is 0 Å². The first-order valence-corrected chi connectivity index (χ1v) is 9.62. The number of aromatic nitrogens is 2. The summed E-state index contributed by atoms with van der Waals surface area (Å²) < 4.78 is 1.78. The zero-order chi connectivity index (χ0) is 18.1. The van der Waals surface area contributed by atoms with Crippen molar-refractivity contribution in [2.24, 2.45) is 18.9 Å². The molecule has 0 radical (unpaired) electrons. The molecule has 1 aromatic heterocycles. The van der Waals surface area contributed by atoms with Crippen molar-refractivity contribution in [3.8, 4) is 0 Å². The van der Waals surface area contributed by atoms with Gasteiger partial charge in [0.15, 0.2) is 0 Å². The van der Waals surface area contributed by atoms with E-state index in [1.54, 1.807) is 4.68 Å². The summed E-state index contributed by atoms with van der Waals surface area (Å²) in [6, 6.07) is 0.0845. The first-order chi connectivity index (χ1) is 11.9. The minimum absolute atomic E-state index is 0.0105. The molecule has 1 aromatic rings. The monoisotopic (exact) mass is 348 g/mol. The van der Waals surface area contributed by atoms with E-state index in [0.717, 1.165) is 49.9 Å².